The predicted molar refractivity (Wildman–Crippen MR) is 113 cm³/mol. The summed E-state index contributed by atoms with van der Waals surface area (Å²) in [6, 6.07) is 13.5. The molecule has 0 saturated carbocycles. The van der Waals surface area contributed by atoms with Crippen LogP contribution in [-0.4, -0.2) is 30.6 Å². The van der Waals surface area contributed by atoms with E-state index in [9.17, 15) is 9.18 Å². The topological polar surface area (TPSA) is 93.6 Å². The van der Waals surface area contributed by atoms with E-state index in [0.717, 1.165) is 24.2 Å². The molecule has 1 saturated heterocycles. The number of anilines is 2. The zero-order valence-corrected chi connectivity index (χ0v) is 16.4. The van der Waals surface area contributed by atoms with Gasteiger partial charge in [-0.3, -0.25) is 4.79 Å². The van der Waals surface area contributed by atoms with Gasteiger partial charge in [-0.05, 0) is 36.2 Å². The first kappa shape index (κ1) is 19.9. The summed E-state index contributed by atoms with van der Waals surface area (Å²) in [5.74, 6) is 0.723. The average Bonchev–Trinajstić information content (AvgIpc) is 3.38. The Morgan fingerprint density at radius 1 is 1.30 bits per heavy atom. The maximum Gasteiger partial charge on any atom is 0.295 e. The molecule has 0 bridgehead atoms. The van der Waals surface area contributed by atoms with Gasteiger partial charge in [0, 0.05) is 43.4 Å². The number of amides is 1. The first-order chi connectivity index (χ1) is 14.7. The van der Waals surface area contributed by atoms with Crippen molar-refractivity contribution in [3.8, 4) is 5.75 Å². The van der Waals surface area contributed by atoms with E-state index in [4.69, 9.17) is 14.9 Å². The highest BCUT2D eigenvalue weighted by atomic mass is 19.1. The van der Waals surface area contributed by atoms with Crippen molar-refractivity contribution < 1.29 is 18.3 Å². The molecule has 1 aromatic heterocycles. The lowest BCUT2D eigenvalue weighted by Gasteiger charge is -2.15. The molecule has 2 aromatic carbocycles. The number of nitrogens with one attached hydrogen (secondary N) is 1. The van der Waals surface area contributed by atoms with Gasteiger partial charge in [-0.1, -0.05) is 12.1 Å². The molecule has 0 unspecified atom stereocenters. The standard InChI is InChI=1S/C22H23FN4O3/c23-11-16(12-24)14-29-18-7-8-19-20(10-18)30-22(26-19)25-13-15-3-5-17(6-4-15)27-9-1-2-21(27)28/h3-8,10-11H,1-2,9,12-14,24H2,(H,25,26)/b16-11-. The van der Waals surface area contributed by atoms with Crippen molar-refractivity contribution in [1.29, 1.82) is 0 Å². The molecule has 0 spiro atoms. The molecule has 4 rings (SSSR count). The fourth-order valence-electron chi connectivity index (χ4n) is 3.27. The number of ether oxygens (including phenoxy) is 1. The molecule has 8 heteroatoms. The Balaban J connectivity index is 1.37. The normalized spacial score (nSPS) is 14.5. The first-order valence-electron chi connectivity index (χ1n) is 9.81. The van der Waals surface area contributed by atoms with E-state index in [1.165, 1.54) is 0 Å². The fraction of sp³-hybridized carbons (Fsp3) is 0.273. The number of benzene rings is 2. The number of fused-ring (bicyclic) bond motifs is 1. The van der Waals surface area contributed by atoms with Crippen LogP contribution in [-0.2, 0) is 11.3 Å². The lowest BCUT2D eigenvalue weighted by Crippen LogP contribution is -2.23. The number of halogens is 1. The Bertz CT molecular complexity index is 1060. The Kier molecular flexibility index (Phi) is 5.94. The number of carbonyl (C=O) groups excluding carboxylic acids is 1. The molecule has 30 heavy (non-hydrogen) atoms. The average molecular weight is 410 g/mol. The summed E-state index contributed by atoms with van der Waals surface area (Å²) in [5, 5.41) is 3.16. The van der Waals surface area contributed by atoms with Gasteiger partial charge in [0.05, 0.1) is 6.33 Å². The third kappa shape index (κ3) is 4.44. The SMILES string of the molecule is NC/C(=C/F)COc1ccc2nc(NCc3ccc(N4CCCC4=O)cc3)oc2c1. The van der Waals surface area contributed by atoms with Crippen molar-refractivity contribution in [2.75, 3.05) is 29.9 Å². The van der Waals surface area contributed by atoms with Crippen molar-refractivity contribution in [2.45, 2.75) is 19.4 Å². The summed E-state index contributed by atoms with van der Waals surface area (Å²) in [5.41, 5.74) is 9.02. The van der Waals surface area contributed by atoms with E-state index in [2.05, 4.69) is 10.3 Å². The smallest absolute Gasteiger partial charge is 0.295 e. The molecule has 0 atom stereocenters. The molecule has 1 aliphatic rings. The number of rotatable bonds is 8. The summed E-state index contributed by atoms with van der Waals surface area (Å²) in [6.07, 6.45) is 1.99. The summed E-state index contributed by atoms with van der Waals surface area (Å²) in [6.45, 7) is 1.50. The molecular formula is C22H23FN4O3. The van der Waals surface area contributed by atoms with E-state index in [1.54, 1.807) is 18.2 Å². The van der Waals surface area contributed by atoms with E-state index < -0.39 is 0 Å². The van der Waals surface area contributed by atoms with E-state index in [1.807, 2.05) is 29.2 Å². The minimum Gasteiger partial charge on any atom is -0.489 e. The number of nitrogens with two attached hydrogens (primary N) is 1. The number of nitrogens with zero attached hydrogens (tertiary/aromatic N) is 2. The third-order valence-electron chi connectivity index (χ3n) is 4.97. The number of hydrogen-bond donors (Lipinski definition) is 2. The van der Waals surface area contributed by atoms with Crippen LogP contribution in [0.25, 0.3) is 11.1 Å². The lowest BCUT2D eigenvalue weighted by atomic mass is 10.2. The van der Waals surface area contributed by atoms with Crippen LogP contribution in [0, 0.1) is 0 Å². The molecule has 156 valence electrons. The molecule has 3 N–H and O–H groups in total. The van der Waals surface area contributed by atoms with Crippen LogP contribution in [0.4, 0.5) is 16.1 Å². The van der Waals surface area contributed by atoms with Crippen LogP contribution < -0.4 is 20.7 Å². The van der Waals surface area contributed by atoms with Crippen LogP contribution in [0.3, 0.4) is 0 Å². The van der Waals surface area contributed by atoms with Gasteiger partial charge in [-0.15, -0.1) is 0 Å². The summed E-state index contributed by atoms with van der Waals surface area (Å²) >= 11 is 0. The molecule has 1 amide bonds. The highest BCUT2D eigenvalue weighted by molar-refractivity contribution is 5.95. The van der Waals surface area contributed by atoms with Crippen LogP contribution in [0.1, 0.15) is 18.4 Å². The molecular weight excluding hydrogens is 387 g/mol. The van der Waals surface area contributed by atoms with Crippen molar-refractivity contribution >= 4 is 28.7 Å². The Morgan fingerprint density at radius 2 is 2.13 bits per heavy atom. The minimum atomic E-state index is 0.0801. The second kappa shape index (κ2) is 8.96. The van der Waals surface area contributed by atoms with E-state index in [-0.39, 0.29) is 19.1 Å². The van der Waals surface area contributed by atoms with Gasteiger partial charge in [0.25, 0.3) is 6.01 Å². The van der Waals surface area contributed by atoms with Gasteiger partial charge in [0.1, 0.15) is 17.9 Å². The molecule has 0 radical (unpaired) electrons. The minimum absolute atomic E-state index is 0.0801. The fourth-order valence-corrected chi connectivity index (χ4v) is 3.27. The zero-order chi connectivity index (χ0) is 20.9. The second-order valence-electron chi connectivity index (χ2n) is 7.08. The van der Waals surface area contributed by atoms with Crippen LogP contribution in [0.5, 0.6) is 5.75 Å². The zero-order valence-electron chi connectivity index (χ0n) is 16.4. The van der Waals surface area contributed by atoms with Crippen LogP contribution in [0.2, 0.25) is 0 Å². The molecule has 1 fully saturated rings. The van der Waals surface area contributed by atoms with Crippen LogP contribution in [0.15, 0.2) is 58.8 Å². The van der Waals surface area contributed by atoms with Crippen molar-refractivity contribution in [3.63, 3.8) is 0 Å². The van der Waals surface area contributed by atoms with Crippen molar-refractivity contribution in [3.05, 3.63) is 59.9 Å². The molecule has 0 aliphatic carbocycles. The van der Waals surface area contributed by atoms with E-state index >= 15 is 0 Å². The second-order valence-corrected chi connectivity index (χ2v) is 7.08. The largest absolute Gasteiger partial charge is 0.489 e. The summed E-state index contributed by atoms with van der Waals surface area (Å²) in [7, 11) is 0. The van der Waals surface area contributed by atoms with Gasteiger partial charge >= 0.3 is 0 Å². The molecule has 7 nitrogen and oxygen atoms in total. The molecule has 3 aromatic rings. The summed E-state index contributed by atoms with van der Waals surface area (Å²) < 4.78 is 23.9. The Labute approximate surface area is 173 Å². The number of oxazole rings is 1. The molecule has 2 heterocycles. The third-order valence-corrected chi connectivity index (χ3v) is 4.97. The highest BCUT2D eigenvalue weighted by Gasteiger charge is 2.21. The lowest BCUT2D eigenvalue weighted by molar-refractivity contribution is -0.117. The maximum absolute atomic E-state index is 12.6. The van der Waals surface area contributed by atoms with Gasteiger partial charge in [0.15, 0.2) is 5.58 Å². The predicted octanol–water partition coefficient (Wildman–Crippen LogP) is 3.76. The van der Waals surface area contributed by atoms with E-state index in [0.29, 0.717) is 47.7 Å². The summed E-state index contributed by atoms with van der Waals surface area (Å²) in [4.78, 5) is 18.1. The number of aromatic nitrogens is 1. The van der Waals surface area contributed by atoms with Crippen molar-refractivity contribution in [1.82, 2.24) is 4.98 Å². The monoisotopic (exact) mass is 410 g/mol. The number of carbonyl (C=O) groups is 1. The van der Waals surface area contributed by atoms with Gasteiger partial charge < -0.3 is 25.1 Å². The Hall–Kier alpha value is -3.39. The number of hydrogen-bond acceptors (Lipinski definition) is 6. The van der Waals surface area contributed by atoms with Gasteiger partial charge in [-0.2, -0.15) is 4.98 Å². The first-order valence-corrected chi connectivity index (χ1v) is 9.81. The highest BCUT2D eigenvalue weighted by Crippen LogP contribution is 2.25. The van der Waals surface area contributed by atoms with Gasteiger partial charge in [-0.25, -0.2) is 4.39 Å². The quantitative estimate of drug-likeness (QED) is 0.587. The Morgan fingerprint density at radius 3 is 2.83 bits per heavy atom. The van der Waals surface area contributed by atoms with Crippen molar-refractivity contribution in [2.24, 2.45) is 5.73 Å². The maximum atomic E-state index is 12.6. The molecule has 1 aliphatic heterocycles. The van der Waals surface area contributed by atoms with Gasteiger partial charge in [0.2, 0.25) is 5.91 Å². The van der Waals surface area contributed by atoms with Crippen LogP contribution >= 0.6 is 0 Å².